The molecule has 116 valence electrons. The molecule has 2 rings (SSSR count). The molecular formula is C16H17NO4S. The van der Waals surface area contributed by atoms with E-state index in [2.05, 4.69) is 4.72 Å². The van der Waals surface area contributed by atoms with Gasteiger partial charge < -0.3 is 4.74 Å². The number of methoxy groups -OCH3 is 1. The monoisotopic (exact) mass is 319 g/mol. The van der Waals surface area contributed by atoms with Crippen molar-refractivity contribution in [1.29, 1.82) is 0 Å². The van der Waals surface area contributed by atoms with Gasteiger partial charge in [-0.3, -0.25) is 4.79 Å². The molecule has 1 N–H and O–H groups in total. The summed E-state index contributed by atoms with van der Waals surface area (Å²) < 4.78 is 31.6. The summed E-state index contributed by atoms with van der Waals surface area (Å²) in [6.07, 6.45) is 0. The van der Waals surface area contributed by atoms with Gasteiger partial charge in [0.15, 0.2) is 0 Å². The number of aryl methyl sites for hydroxylation is 2. The fourth-order valence-corrected chi connectivity index (χ4v) is 3.07. The summed E-state index contributed by atoms with van der Waals surface area (Å²) in [6.45, 7) is 3.67. The minimum Gasteiger partial charge on any atom is -0.497 e. The Balaban J connectivity index is 2.29. The second-order valence-electron chi connectivity index (χ2n) is 4.93. The van der Waals surface area contributed by atoms with Crippen LogP contribution in [0.2, 0.25) is 0 Å². The van der Waals surface area contributed by atoms with Crippen LogP contribution >= 0.6 is 0 Å². The van der Waals surface area contributed by atoms with Crippen molar-refractivity contribution in [2.24, 2.45) is 0 Å². The van der Waals surface area contributed by atoms with Gasteiger partial charge in [-0.1, -0.05) is 23.8 Å². The molecule has 0 fully saturated rings. The van der Waals surface area contributed by atoms with Crippen LogP contribution in [0.15, 0.2) is 47.4 Å². The first-order valence-corrected chi connectivity index (χ1v) is 8.10. The van der Waals surface area contributed by atoms with Crippen LogP contribution in [-0.2, 0) is 10.0 Å². The molecule has 2 aromatic rings. The average molecular weight is 319 g/mol. The molecule has 22 heavy (non-hydrogen) atoms. The average Bonchev–Trinajstić information content (AvgIpc) is 2.46. The molecule has 0 saturated carbocycles. The molecule has 0 aliphatic rings. The van der Waals surface area contributed by atoms with E-state index in [0.29, 0.717) is 11.3 Å². The summed E-state index contributed by atoms with van der Waals surface area (Å²) >= 11 is 0. The van der Waals surface area contributed by atoms with Crippen molar-refractivity contribution >= 4 is 15.9 Å². The second-order valence-corrected chi connectivity index (χ2v) is 6.61. The highest BCUT2D eigenvalue weighted by Crippen LogP contribution is 2.18. The molecule has 1 amide bonds. The highest BCUT2D eigenvalue weighted by Gasteiger charge is 2.20. The van der Waals surface area contributed by atoms with Crippen molar-refractivity contribution in [3.8, 4) is 5.75 Å². The topological polar surface area (TPSA) is 72.5 Å². The smallest absolute Gasteiger partial charge is 0.265 e. The molecule has 6 heteroatoms. The fourth-order valence-electron chi connectivity index (χ4n) is 2.07. The van der Waals surface area contributed by atoms with Crippen LogP contribution < -0.4 is 9.46 Å². The Kier molecular flexibility index (Phi) is 4.51. The zero-order valence-electron chi connectivity index (χ0n) is 12.6. The predicted octanol–water partition coefficient (Wildman–Crippen LogP) is 2.43. The molecule has 5 nitrogen and oxygen atoms in total. The number of rotatable bonds is 4. The molecule has 0 heterocycles. The maximum absolute atomic E-state index is 12.3. The van der Waals surface area contributed by atoms with E-state index in [0.717, 1.165) is 11.1 Å². The molecule has 0 spiro atoms. The van der Waals surface area contributed by atoms with Gasteiger partial charge in [0.25, 0.3) is 15.9 Å². The number of benzene rings is 2. The first-order valence-electron chi connectivity index (χ1n) is 6.62. The lowest BCUT2D eigenvalue weighted by molar-refractivity contribution is 0.0981. The Morgan fingerprint density at radius 1 is 1.09 bits per heavy atom. The zero-order chi connectivity index (χ0) is 16.3. The van der Waals surface area contributed by atoms with Gasteiger partial charge in [-0.2, -0.15) is 0 Å². The summed E-state index contributed by atoms with van der Waals surface area (Å²) in [7, 11) is -2.50. The normalized spacial score (nSPS) is 11.0. The maximum atomic E-state index is 12.3. The highest BCUT2D eigenvalue weighted by molar-refractivity contribution is 7.90. The summed E-state index contributed by atoms with van der Waals surface area (Å²) in [5.74, 6) is -0.248. The van der Waals surface area contributed by atoms with Crippen LogP contribution in [0, 0.1) is 13.8 Å². The van der Waals surface area contributed by atoms with Crippen molar-refractivity contribution in [2.45, 2.75) is 18.7 Å². The van der Waals surface area contributed by atoms with Crippen LogP contribution in [0.5, 0.6) is 5.75 Å². The lowest BCUT2D eigenvalue weighted by atomic mass is 10.1. The standard InChI is InChI=1S/C16H17NO4S/c1-11-7-8-15(12(2)9-11)16(18)17-22(19,20)14-6-4-5-13(10-14)21-3/h4-10H,1-3H3,(H,17,18). The summed E-state index contributed by atoms with van der Waals surface area (Å²) in [6, 6.07) is 11.1. The third kappa shape index (κ3) is 3.46. The SMILES string of the molecule is COc1cccc(S(=O)(=O)NC(=O)c2ccc(C)cc2C)c1. The predicted molar refractivity (Wildman–Crippen MR) is 83.6 cm³/mol. The third-order valence-corrected chi connectivity index (χ3v) is 4.53. The number of carbonyl (C=O) groups is 1. The molecule has 0 unspecified atom stereocenters. The minimum absolute atomic E-state index is 0.0232. The lowest BCUT2D eigenvalue weighted by Gasteiger charge is -2.10. The molecule has 2 aromatic carbocycles. The van der Waals surface area contributed by atoms with Crippen LogP contribution in [0.1, 0.15) is 21.5 Å². The molecule has 0 aliphatic heterocycles. The Morgan fingerprint density at radius 2 is 1.82 bits per heavy atom. The quantitative estimate of drug-likeness (QED) is 0.939. The number of amides is 1. The van der Waals surface area contributed by atoms with Gasteiger partial charge in [0.2, 0.25) is 0 Å². The number of carbonyl (C=O) groups excluding carboxylic acids is 1. The number of ether oxygens (including phenoxy) is 1. The van der Waals surface area contributed by atoms with Gasteiger partial charge in [-0.15, -0.1) is 0 Å². The Hall–Kier alpha value is -2.34. The van der Waals surface area contributed by atoms with E-state index in [4.69, 9.17) is 4.74 Å². The Bertz CT molecular complexity index is 813. The molecule has 0 aliphatic carbocycles. The van der Waals surface area contributed by atoms with Crippen molar-refractivity contribution in [3.05, 3.63) is 59.2 Å². The van der Waals surface area contributed by atoms with Crippen molar-refractivity contribution in [3.63, 3.8) is 0 Å². The number of hydrogen-bond acceptors (Lipinski definition) is 4. The van der Waals surface area contributed by atoms with Crippen LogP contribution in [0.3, 0.4) is 0 Å². The molecule has 0 aromatic heterocycles. The largest absolute Gasteiger partial charge is 0.497 e. The lowest BCUT2D eigenvalue weighted by Crippen LogP contribution is -2.31. The van der Waals surface area contributed by atoms with Gasteiger partial charge in [0.05, 0.1) is 12.0 Å². The first-order chi connectivity index (χ1) is 10.3. The fraction of sp³-hybridized carbons (Fsp3) is 0.188. The van der Waals surface area contributed by atoms with Gasteiger partial charge in [0, 0.05) is 11.6 Å². The van der Waals surface area contributed by atoms with Gasteiger partial charge >= 0.3 is 0 Å². The maximum Gasteiger partial charge on any atom is 0.265 e. The number of hydrogen-bond donors (Lipinski definition) is 1. The van der Waals surface area contributed by atoms with Gasteiger partial charge in [-0.25, -0.2) is 13.1 Å². The van der Waals surface area contributed by atoms with E-state index < -0.39 is 15.9 Å². The van der Waals surface area contributed by atoms with Crippen LogP contribution in [0.25, 0.3) is 0 Å². The van der Waals surface area contributed by atoms with E-state index in [1.165, 1.54) is 19.2 Å². The van der Waals surface area contributed by atoms with E-state index in [9.17, 15) is 13.2 Å². The second kappa shape index (κ2) is 6.19. The first kappa shape index (κ1) is 16.0. The number of sulfonamides is 1. The van der Waals surface area contributed by atoms with Crippen molar-refractivity contribution in [1.82, 2.24) is 4.72 Å². The van der Waals surface area contributed by atoms with Crippen LogP contribution in [0.4, 0.5) is 0 Å². The van der Waals surface area contributed by atoms with E-state index >= 15 is 0 Å². The van der Waals surface area contributed by atoms with Crippen LogP contribution in [-0.4, -0.2) is 21.4 Å². The van der Waals surface area contributed by atoms with E-state index in [1.807, 2.05) is 13.0 Å². The third-order valence-electron chi connectivity index (χ3n) is 3.21. The molecule has 0 atom stereocenters. The van der Waals surface area contributed by atoms with Crippen molar-refractivity contribution in [2.75, 3.05) is 7.11 Å². The van der Waals surface area contributed by atoms with Crippen molar-refractivity contribution < 1.29 is 17.9 Å². The Morgan fingerprint density at radius 3 is 2.45 bits per heavy atom. The highest BCUT2D eigenvalue weighted by atomic mass is 32.2. The Labute approximate surface area is 130 Å². The minimum atomic E-state index is -3.95. The molecular weight excluding hydrogens is 302 g/mol. The summed E-state index contributed by atoms with van der Waals surface area (Å²) in [4.78, 5) is 12.2. The number of nitrogens with one attached hydrogen (secondary N) is 1. The molecule has 0 bridgehead atoms. The van der Waals surface area contributed by atoms with E-state index in [-0.39, 0.29) is 4.90 Å². The molecule has 0 saturated heterocycles. The van der Waals surface area contributed by atoms with Gasteiger partial charge in [-0.05, 0) is 37.6 Å². The zero-order valence-corrected chi connectivity index (χ0v) is 13.4. The van der Waals surface area contributed by atoms with E-state index in [1.54, 1.807) is 31.2 Å². The summed E-state index contributed by atoms with van der Waals surface area (Å²) in [5.41, 5.74) is 2.06. The molecule has 0 radical (unpaired) electrons. The summed E-state index contributed by atoms with van der Waals surface area (Å²) in [5, 5.41) is 0. The van der Waals surface area contributed by atoms with Gasteiger partial charge in [0.1, 0.15) is 5.75 Å².